The van der Waals surface area contributed by atoms with Crippen molar-refractivity contribution in [1.29, 1.82) is 0 Å². The minimum absolute atomic E-state index is 0.0942. The normalized spacial score (nSPS) is 20.6. The molecule has 0 saturated carbocycles. The summed E-state index contributed by atoms with van der Waals surface area (Å²) < 4.78 is 10.3. The number of hydrogen-bond donors (Lipinski definition) is 1. The van der Waals surface area contributed by atoms with Crippen LogP contribution in [0.4, 0.5) is 0 Å². The lowest BCUT2D eigenvalue weighted by atomic mass is 9.99. The highest BCUT2D eigenvalue weighted by Crippen LogP contribution is 2.29. The first-order valence-electron chi connectivity index (χ1n) is 8.31. The number of carbonyl (C=O) groups excluding carboxylic acids is 2. The van der Waals surface area contributed by atoms with E-state index in [1.54, 1.807) is 14.0 Å². The molecule has 24 heavy (non-hydrogen) atoms. The second-order valence-corrected chi connectivity index (χ2v) is 6.14. The van der Waals surface area contributed by atoms with Crippen LogP contribution in [-0.2, 0) is 20.9 Å². The van der Waals surface area contributed by atoms with E-state index in [0.29, 0.717) is 13.2 Å². The molecule has 132 valence electrons. The van der Waals surface area contributed by atoms with Crippen molar-refractivity contribution in [2.75, 3.05) is 26.8 Å². The maximum Gasteiger partial charge on any atom is 0.326 e. The third kappa shape index (κ3) is 4.26. The molecule has 6 nitrogen and oxygen atoms in total. The molecule has 0 radical (unpaired) electrons. The molecule has 0 aliphatic carbocycles. The van der Waals surface area contributed by atoms with E-state index in [4.69, 9.17) is 9.47 Å². The van der Waals surface area contributed by atoms with Crippen molar-refractivity contribution in [3.8, 4) is 5.75 Å². The number of methoxy groups -OCH3 is 1. The van der Waals surface area contributed by atoms with Crippen molar-refractivity contribution in [2.24, 2.45) is 0 Å². The summed E-state index contributed by atoms with van der Waals surface area (Å²) in [6, 6.07) is 7.55. The van der Waals surface area contributed by atoms with Crippen LogP contribution >= 0.6 is 0 Å². The van der Waals surface area contributed by atoms with Crippen LogP contribution in [0.3, 0.4) is 0 Å². The van der Waals surface area contributed by atoms with Gasteiger partial charge in [0.2, 0.25) is 5.91 Å². The minimum Gasteiger partial charge on any atom is -0.497 e. The molecule has 1 fully saturated rings. The summed E-state index contributed by atoms with van der Waals surface area (Å²) >= 11 is 0. The summed E-state index contributed by atoms with van der Waals surface area (Å²) in [5, 5.41) is 2.90. The molecule has 0 unspecified atom stereocenters. The van der Waals surface area contributed by atoms with Crippen LogP contribution in [0.25, 0.3) is 0 Å². The number of ether oxygens (including phenoxy) is 2. The van der Waals surface area contributed by atoms with Crippen molar-refractivity contribution >= 4 is 11.9 Å². The zero-order valence-electron chi connectivity index (χ0n) is 14.6. The molecule has 1 heterocycles. The first-order valence-corrected chi connectivity index (χ1v) is 8.31. The number of hydrogen-bond acceptors (Lipinski definition) is 5. The summed E-state index contributed by atoms with van der Waals surface area (Å²) in [6.07, 6.45) is 1.61. The summed E-state index contributed by atoms with van der Waals surface area (Å²) in [5.74, 6) is 0.445. The number of amides is 1. The van der Waals surface area contributed by atoms with E-state index in [9.17, 15) is 9.59 Å². The first kappa shape index (κ1) is 18.3. The average molecular weight is 334 g/mol. The van der Waals surface area contributed by atoms with E-state index in [2.05, 4.69) is 5.32 Å². The van der Waals surface area contributed by atoms with Crippen LogP contribution < -0.4 is 10.1 Å². The lowest BCUT2D eigenvalue weighted by molar-refractivity contribution is -0.155. The van der Waals surface area contributed by atoms with Crippen molar-refractivity contribution in [2.45, 2.75) is 38.8 Å². The van der Waals surface area contributed by atoms with Crippen LogP contribution in [0.15, 0.2) is 24.3 Å². The van der Waals surface area contributed by atoms with Gasteiger partial charge in [0.05, 0.1) is 20.3 Å². The van der Waals surface area contributed by atoms with Gasteiger partial charge in [-0.2, -0.15) is 0 Å². The molecule has 1 aliphatic rings. The zero-order chi connectivity index (χ0) is 17.6. The lowest BCUT2D eigenvalue weighted by Gasteiger charge is -2.32. The summed E-state index contributed by atoms with van der Waals surface area (Å²) in [4.78, 5) is 26.3. The molecular formula is C18H26N2O4. The van der Waals surface area contributed by atoms with E-state index in [-0.39, 0.29) is 18.4 Å². The third-order valence-corrected chi connectivity index (χ3v) is 4.49. The number of carbonyl (C=O) groups is 2. The fourth-order valence-electron chi connectivity index (χ4n) is 2.96. The predicted molar refractivity (Wildman–Crippen MR) is 90.7 cm³/mol. The van der Waals surface area contributed by atoms with Gasteiger partial charge in [-0.25, -0.2) is 0 Å². The van der Waals surface area contributed by atoms with E-state index in [1.165, 1.54) is 0 Å². The molecule has 2 rings (SSSR count). The first-order chi connectivity index (χ1) is 11.5. The molecular weight excluding hydrogens is 308 g/mol. The Bertz CT molecular complexity index is 573. The second-order valence-electron chi connectivity index (χ2n) is 6.14. The fourth-order valence-corrected chi connectivity index (χ4v) is 2.96. The molecule has 1 aliphatic heterocycles. The van der Waals surface area contributed by atoms with Gasteiger partial charge in [0, 0.05) is 6.54 Å². The number of likely N-dealkylation sites (tertiary alicyclic amines) is 1. The topological polar surface area (TPSA) is 67.9 Å². The Morgan fingerprint density at radius 2 is 2.00 bits per heavy atom. The van der Waals surface area contributed by atoms with Crippen LogP contribution in [0.1, 0.15) is 32.3 Å². The standard InChI is InChI=1S/C18H26N2O4/c1-4-24-17(22)18(2)10-5-11-20(18)13-16(21)19-12-14-6-8-15(23-3)9-7-14/h6-9H,4-5,10-13H2,1-3H3,(H,19,21)/t18-/m0/s1. The molecule has 1 aromatic carbocycles. The van der Waals surface area contributed by atoms with E-state index in [0.717, 1.165) is 30.7 Å². The van der Waals surface area contributed by atoms with Gasteiger partial charge in [0.15, 0.2) is 0 Å². The maximum absolute atomic E-state index is 12.2. The zero-order valence-corrected chi connectivity index (χ0v) is 14.6. The Balaban J connectivity index is 1.87. The highest BCUT2D eigenvalue weighted by atomic mass is 16.5. The molecule has 0 spiro atoms. The second kappa shape index (κ2) is 8.15. The summed E-state index contributed by atoms with van der Waals surface area (Å²) in [6.45, 7) is 5.38. The van der Waals surface area contributed by atoms with Gasteiger partial charge in [0.25, 0.3) is 0 Å². The van der Waals surface area contributed by atoms with Crippen LogP contribution in [-0.4, -0.2) is 49.1 Å². The van der Waals surface area contributed by atoms with Crippen molar-refractivity contribution < 1.29 is 19.1 Å². The average Bonchev–Trinajstić information content (AvgIpc) is 2.95. The van der Waals surface area contributed by atoms with Crippen molar-refractivity contribution in [3.05, 3.63) is 29.8 Å². The Kier molecular flexibility index (Phi) is 6.20. The number of benzene rings is 1. The molecule has 1 amide bonds. The van der Waals surface area contributed by atoms with Gasteiger partial charge < -0.3 is 14.8 Å². The quantitative estimate of drug-likeness (QED) is 0.769. The largest absolute Gasteiger partial charge is 0.497 e. The molecule has 1 saturated heterocycles. The van der Waals surface area contributed by atoms with E-state index < -0.39 is 5.54 Å². The predicted octanol–water partition coefficient (Wildman–Crippen LogP) is 1.73. The lowest BCUT2D eigenvalue weighted by Crippen LogP contribution is -2.52. The third-order valence-electron chi connectivity index (χ3n) is 4.49. The summed E-state index contributed by atoms with van der Waals surface area (Å²) in [7, 11) is 1.62. The van der Waals surface area contributed by atoms with Gasteiger partial charge in [-0.1, -0.05) is 12.1 Å². The molecule has 1 atom stereocenters. The summed E-state index contributed by atoms with van der Waals surface area (Å²) in [5.41, 5.74) is 0.298. The molecule has 6 heteroatoms. The smallest absolute Gasteiger partial charge is 0.326 e. The highest BCUT2D eigenvalue weighted by molar-refractivity contribution is 5.83. The van der Waals surface area contributed by atoms with Crippen LogP contribution in [0.2, 0.25) is 0 Å². The Morgan fingerprint density at radius 1 is 1.29 bits per heavy atom. The van der Waals surface area contributed by atoms with Gasteiger partial charge >= 0.3 is 5.97 Å². The Morgan fingerprint density at radius 3 is 2.62 bits per heavy atom. The molecule has 0 bridgehead atoms. The number of nitrogens with zero attached hydrogens (tertiary/aromatic N) is 1. The SMILES string of the molecule is CCOC(=O)[C@]1(C)CCCN1CC(=O)NCc1ccc(OC)cc1. The molecule has 1 aromatic rings. The van der Waals surface area contributed by atoms with Gasteiger partial charge in [-0.05, 0) is 50.9 Å². The van der Waals surface area contributed by atoms with Gasteiger partial charge in [0.1, 0.15) is 11.3 Å². The van der Waals surface area contributed by atoms with E-state index >= 15 is 0 Å². The number of nitrogens with one attached hydrogen (secondary N) is 1. The van der Waals surface area contributed by atoms with Crippen molar-refractivity contribution in [3.63, 3.8) is 0 Å². The molecule has 0 aromatic heterocycles. The monoisotopic (exact) mass is 334 g/mol. The van der Waals surface area contributed by atoms with Gasteiger partial charge in [-0.15, -0.1) is 0 Å². The Labute approximate surface area is 143 Å². The minimum atomic E-state index is -0.701. The highest BCUT2D eigenvalue weighted by Gasteiger charge is 2.44. The fraction of sp³-hybridized carbons (Fsp3) is 0.556. The van der Waals surface area contributed by atoms with E-state index in [1.807, 2.05) is 36.1 Å². The number of rotatable bonds is 7. The molecule has 1 N–H and O–H groups in total. The van der Waals surface area contributed by atoms with Crippen LogP contribution in [0, 0.1) is 0 Å². The van der Waals surface area contributed by atoms with Crippen molar-refractivity contribution in [1.82, 2.24) is 10.2 Å². The van der Waals surface area contributed by atoms with Gasteiger partial charge in [-0.3, -0.25) is 14.5 Å². The Hall–Kier alpha value is -2.08. The number of esters is 1. The maximum atomic E-state index is 12.2. The van der Waals surface area contributed by atoms with Crippen LogP contribution in [0.5, 0.6) is 5.75 Å².